The second-order valence-corrected chi connectivity index (χ2v) is 8.89. The molecule has 0 saturated carbocycles. The normalized spacial score (nSPS) is 11.9. The van der Waals surface area contributed by atoms with Crippen LogP contribution in [0.2, 0.25) is 10.0 Å². The van der Waals surface area contributed by atoms with E-state index in [1.807, 2.05) is 30.3 Å². The number of hydrogen-bond donors (Lipinski definition) is 2. The summed E-state index contributed by atoms with van der Waals surface area (Å²) in [5.74, 6) is 0.639. The Hall–Kier alpha value is -2.93. The molecule has 2 N–H and O–H groups in total. The van der Waals surface area contributed by atoms with E-state index in [0.717, 1.165) is 23.1 Å². The number of rotatable bonds is 5. The molecule has 1 amide bonds. The number of carbonyl (C=O) groups excluding carboxylic acids is 1. The van der Waals surface area contributed by atoms with Crippen molar-refractivity contribution >= 4 is 63.2 Å². The van der Waals surface area contributed by atoms with Gasteiger partial charge in [-0.25, -0.2) is 4.98 Å². The van der Waals surface area contributed by atoms with Crippen molar-refractivity contribution in [1.82, 2.24) is 10.3 Å². The zero-order chi connectivity index (χ0) is 23.5. The van der Waals surface area contributed by atoms with Gasteiger partial charge in [0, 0.05) is 16.8 Å². The van der Waals surface area contributed by atoms with Gasteiger partial charge in [0.05, 0.1) is 10.0 Å². The molecule has 0 saturated heterocycles. The van der Waals surface area contributed by atoms with Crippen LogP contribution in [-0.4, -0.2) is 16.0 Å². The summed E-state index contributed by atoms with van der Waals surface area (Å²) in [5, 5.41) is 6.46. The van der Waals surface area contributed by atoms with E-state index >= 15 is 0 Å². The smallest absolute Gasteiger partial charge is 0.257 e. The van der Waals surface area contributed by atoms with Crippen LogP contribution in [0.25, 0.3) is 22.6 Å². The van der Waals surface area contributed by atoms with E-state index in [1.54, 1.807) is 12.1 Å². The lowest BCUT2D eigenvalue weighted by molar-refractivity contribution is 0.0977. The minimum absolute atomic E-state index is 0.165. The first-order chi connectivity index (χ1) is 15.8. The monoisotopic (exact) mass is 497 g/mol. The molecule has 0 aliphatic rings. The van der Waals surface area contributed by atoms with E-state index in [4.69, 9.17) is 39.8 Å². The van der Waals surface area contributed by atoms with Gasteiger partial charge in [0.25, 0.3) is 5.91 Å². The van der Waals surface area contributed by atoms with Gasteiger partial charge in [-0.2, -0.15) is 0 Å². The van der Waals surface area contributed by atoms with Crippen LogP contribution in [0.15, 0.2) is 65.1 Å². The van der Waals surface area contributed by atoms with Crippen molar-refractivity contribution in [2.75, 3.05) is 5.32 Å². The first-order valence-corrected chi connectivity index (χ1v) is 11.6. The summed E-state index contributed by atoms with van der Waals surface area (Å²) in [6.45, 7) is 4.37. The quantitative estimate of drug-likeness (QED) is 0.280. The topological polar surface area (TPSA) is 67.2 Å². The van der Waals surface area contributed by atoms with Crippen molar-refractivity contribution in [2.24, 2.45) is 0 Å². The summed E-state index contributed by atoms with van der Waals surface area (Å²) >= 11 is 17.1. The van der Waals surface area contributed by atoms with Crippen LogP contribution < -0.4 is 10.6 Å². The van der Waals surface area contributed by atoms with E-state index in [2.05, 4.69) is 41.6 Å². The van der Waals surface area contributed by atoms with Crippen LogP contribution in [0.3, 0.4) is 0 Å². The zero-order valence-electron chi connectivity index (χ0n) is 18.0. The number of carbonyl (C=O) groups is 1. The largest absolute Gasteiger partial charge is 0.436 e. The number of nitrogens with zero attached hydrogens (tertiary/aromatic N) is 1. The fraction of sp³-hybridized carbons (Fsp3) is 0.160. The third kappa shape index (κ3) is 5.36. The number of halogens is 2. The summed E-state index contributed by atoms with van der Waals surface area (Å²) < 4.78 is 5.93. The number of amides is 1. The van der Waals surface area contributed by atoms with Gasteiger partial charge < -0.3 is 9.73 Å². The maximum Gasteiger partial charge on any atom is 0.257 e. The summed E-state index contributed by atoms with van der Waals surface area (Å²) in [6, 6.07) is 18.2. The molecule has 0 radical (unpaired) electrons. The van der Waals surface area contributed by atoms with Crippen molar-refractivity contribution in [1.29, 1.82) is 0 Å². The Kier molecular flexibility index (Phi) is 6.98. The molecule has 0 aliphatic heterocycles. The number of nitrogens with one attached hydrogen (secondary N) is 2. The molecule has 4 rings (SSSR count). The lowest BCUT2D eigenvalue weighted by Crippen LogP contribution is -2.34. The summed E-state index contributed by atoms with van der Waals surface area (Å²) in [4.78, 5) is 17.0. The Morgan fingerprint density at radius 3 is 2.52 bits per heavy atom. The van der Waals surface area contributed by atoms with Gasteiger partial charge in [-0.1, -0.05) is 43.1 Å². The Balaban J connectivity index is 1.43. The third-order valence-electron chi connectivity index (χ3n) is 5.39. The summed E-state index contributed by atoms with van der Waals surface area (Å²) in [5.41, 5.74) is 4.76. The molecule has 0 spiro atoms. The van der Waals surface area contributed by atoms with Crippen LogP contribution in [0, 0.1) is 0 Å². The fourth-order valence-electron chi connectivity index (χ4n) is 3.28. The van der Waals surface area contributed by atoms with Crippen LogP contribution in [0.1, 0.15) is 42.1 Å². The van der Waals surface area contributed by atoms with E-state index in [9.17, 15) is 4.79 Å². The van der Waals surface area contributed by atoms with E-state index in [-0.39, 0.29) is 11.0 Å². The number of anilines is 1. The highest BCUT2D eigenvalue weighted by Gasteiger charge is 2.12. The maximum atomic E-state index is 12.4. The number of benzene rings is 3. The van der Waals surface area contributed by atoms with Gasteiger partial charge in [0.15, 0.2) is 10.7 Å². The van der Waals surface area contributed by atoms with Crippen molar-refractivity contribution in [3.05, 3.63) is 81.8 Å². The van der Waals surface area contributed by atoms with Crippen molar-refractivity contribution in [3.8, 4) is 11.5 Å². The minimum atomic E-state index is -0.383. The van der Waals surface area contributed by atoms with Crippen molar-refractivity contribution in [2.45, 2.75) is 26.2 Å². The minimum Gasteiger partial charge on any atom is -0.436 e. The van der Waals surface area contributed by atoms with Gasteiger partial charge in [-0.15, -0.1) is 0 Å². The molecule has 33 heavy (non-hydrogen) atoms. The average molecular weight is 498 g/mol. The van der Waals surface area contributed by atoms with Crippen LogP contribution in [-0.2, 0) is 0 Å². The Morgan fingerprint density at radius 2 is 1.82 bits per heavy atom. The summed E-state index contributed by atoms with van der Waals surface area (Å²) in [7, 11) is 0. The molecular weight excluding hydrogens is 477 g/mol. The molecule has 1 atom stereocenters. The number of aromatic nitrogens is 1. The third-order valence-corrected chi connectivity index (χ3v) is 6.33. The van der Waals surface area contributed by atoms with E-state index in [1.165, 1.54) is 11.6 Å². The maximum absolute atomic E-state index is 12.4. The van der Waals surface area contributed by atoms with Crippen LogP contribution in [0.4, 0.5) is 5.69 Å². The Bertz CT molecular complexity index is 1340. The highest BCUT2D eigenvalue weighted by molar-refractivity contribution is 7.80. The zero-order valence-corrected chi connectivity index (χ0v) is 20.3. The first-order valence-electron chi connectivity index (χ1n) is 10.4. The highest BCUT2D eigenvalue weighted by atomic mass is 35.5. The van der Waals surface area contributed by atoms with Gasteiger partial charge in [0.1, 0.15) is 5.52 Å². The first kappa shape index (κ1) is 23.2. The second kappa shape index (κ2) is 9.91. The van der Waals surface area contributed by atoms with Gasteiger partial charge in [-0.3, -0.25) is 10.1 Å². The fourth-order valence-corrected chi connectivity index (χ4v) is 3.79. The van der Waals surface area contributed by atoms with E-state index < -0.39 is 0 Å². The molecule has 1 heterocycles. The van der Waals surface area contributed by atoms with Gasteiger partial charge >= 0.3 is 0 Å². The van der Waals surface area contributed by atoms with Gasteiger partial charge in [0.2, 0.25) is 5.89 Å². The Labute approximate surface area is 207 Å². The SMILES string of the molecule is CCC(C)c1ccc2oc(-c3ccc(NC(=S)NC(=O)c4ccc(Cl)c(Cl)c4)cc3)nc2c1. The molecule has 0 aliphatic carbocycles. The Morgan fingerprint density at radius 1 is 1.06 bits per heavy atom. The van der Waals surface area contributed by atoms with Crippen LogP contribution >= 0.6 is 35.4 Å². The number of oxazole rings is 1. The number of hydrogen-bond acceptors (Lipinski definition) is 4. The standard InChI is InChI=1S/C25H21Cl2N3O2S/c1-3-14(2)16-7-11-22-21(13-16)29-24(32-22)15-4-8-18(9-5-15)28-25(33)30-23(31)17-6-10-19(26)20(27)12-17/h4-14H,3H2,1-2H3,(H2,28,30,31,33). The molecule has 3 aromatic carbocycles. The summed E-state index contributed by atoms with van der Waals surface area (Å²) in [6.07, 6.45) is 1.07. The molecule has 8 heteroatoms. The molecule has 0 fully saturated rings. The van der Waals surface area contributed by atoms with E-state index in [0.29, 0.717) is 33.1 Å². The van der Waals surface area contributed by atoms with Gasteiger partial charge in [-0.05, 0) is 84.7 Å². The molecule has 4 aromatic rings. The predicted octanol–water partition coefficient (Wildman–Crippen LogP) is 7.44. The second-order valence-electron chi connectivity index (χ2n) is 7.67. The van der Waals surface area contributed by atoms with Crippen molar-refractivity contribution < 1.29 is 9.21 Å². The number of fused-ring (bicyclic) bond motifs is 1. The van der Waals surface area contributed by atoms with Crippen molar-refractivity contribution in [3.63, 3.8) is 0 Å². The lowest BCUT2D eigenvalue weighted by Gasteiger charge is -2.10. The number of thiocarbonyl (C=S) groups is 1. The van der Waals surface area contributed by atoms with Crippen LogP contribution in [0.5, 0.6) is 0 Å². The molecule has 5 nitrogen and oxygen atoms in total. The molecule has 1 aromatic heterocycles. The molecule has 0 bridgehead atoms. The predicted molar refractivity (Wildman–Crippen MR) is 138 cm³/mol. The molecule has 1 unspecified atom stereocenters. The average Bonchev–Trinajstić information content (AvgIpc) is 3.24. The highest BCUT2D eigenvalue weighted by Crippen LogP contribution is 2.28. The lowest BCUT2D eigenvalue weighted by atomic mass is 9.98. The molecule has 168 valence electrons. The molecular formula is C25H21Cl2N3O2S.